The van der Waals surface area contributed by atoms with Crippen LogP contribution in [0.25, 0.3) is 0 Å². The summed E-state index contributed by atoms with van der Waals surface area (Å²) in [6, 6.07) is 18.0. The minimum atomic E-state index is -0.115. The van der Waals surface area contributed by atoms with E-state index < -0.39 is 0 Å². The van der Waals surface area contributed by atoms with Crippen molar-refractivity contribution < 1.29 is 9.63 Å². The number of benzene rings is 2. The van der Waals surface area contributed by atoms with Crippen LogP contribution >= 0.6 is 0 Å². The molecule has 2 rings (SSSR count). The van der Waals surface area contributed by atoms with E-state index in [2.05, 4.69) is 12.1 Å². The highest BCUT2D eigenvalue weighted by Gasteiger charge is 2.14. The molecule has 0 N–H and O–H groups in total. The van der Waals surface area contributed by atoms with Crippen molar-refractivity contribution in [3.63, 3.8) is 0 Å². The summed E-state index contributed by atoms with van der Waals surface area (Å²) in [6.45, 7) is 0. The van der Waals surface area contributed by atoms with Gasteiger partial charge in [-0.1, -0.05) is 48.5 Å². The molecule has 2 aromatic rings. The van der Waals surface area contributed by atoms with Gasteiger partial charge in [-0.25, -0.2) is 5.06 Å². The molecule has 3 heteroatoms. The van der Waals surface area contributed by atoms with E-state index in [0.29, 0.717) is 5.56 Å². The lowest BCUT2D eigenvalue weighted by Crippen LogP contribution is -2.26. The fraction of sp³-hybridized carbons (Fsp3) is 0.235. The van der Waals surface area contributed by atoms with Crippen LogP contribution in [0.1, 0.15) is 21.5 Å². The molecule has 0 saturated carbocycles. The van der Waals surface area contributed by atoms with Crippen molar-refractivity contribution in [2.75, 3.05) is 14.2 Å². The maximum atomic E-state index is 12.2. The predicted octanol–water partition coefficient (Wildman–Crippen LogP) is 3.11. The van der Waals surface area contributed by atoms with Crippen molar-refractivity contribution in [3.05, 3.63) is 71.3 Å². The van der Waals surface area contributed by atoms with Gasteiger partial charge in [-0.05, 0) is 30.0 Å². The Morgan fingerprint density at radius 2 is 1.65 bits per heavy atom. The average Bonchev–Trinajstić information content (AvgIpc) is 2.52. The number of amides is 1. The molecule has 104 valence electrons. The summed E-state index contributed by atoms with van der Waals surface area (Å²) in [4.78, 5) is 17.2. The number of aryl methyl sites for hydroxylation is 2. The number of hydroxylamine groups is 2. The average molecular weight is 269 g/mol. The van der Waals surface area contributed by atoms with Crippen LogP contribution in [0.2, 0.25) is 0 Å². The van der Waals surface area contributed by atoms with Crippen molar-refractivity contribution in [1.82, 2.24) is 5.06 Å². The molecule has 0 aromatic heterocycles. The summed E-state index contributed by atoms with van der Waals surface area (Å²) in [5.41, 5.74) is 3.02. The quantitative estimate of drug-likeness (QED) is 0.781. The van der Waals surface area contributed by atoms with Gasteiger partial charge in [-0.3, -0.25) is 9.63 Å². The zero-order chi connectivity index (χ0) is 14.4. The first-order chi connectivity index (χ1) is 9.72. The minimum absolute atomic E-state index is 0.115. The van der Waals surface area contributed by atoms with Gasteiger partial charge >= 0.3 is 0 Å². The fourth-order valence-corrected chi connectivity index (χ4v) is 2.12. The van der Waals surface area contributed by atoms with Crippen molar-refractivity contribution in [1.29, 1.82) is 0 Å². The Labute approximate surface area is 119 Å². The van der Waals surface area contributed by atoms with E-state index in [1.54, 1.807) is 7.05 Å². The third kappa shape index (κ3) is 3.45. The van der Waals surface area contributed by atoms with Gasteiger partial charge in [0.25, 0.3) is 5.91 Å². The normalized spacial score (nSPS) is 10.3. The number of nitrogens with zero attached hydrogens (tertiary/aromatic N) is 1. The van der Waals surface area contributed by atoms with Gasteiger partial charge in [0, 0.05) is 12.6 Å². The molecule has 0 aliphatic rings. The highest BCUT2D eigenvalue weighted by molar-refractivity contribution is 5.94. The van der Waals surface area contributed by atoms with Crippen molar-refractivity contribution >= 4 is 5.91 Å². The highest BCUT2D eigenvalue weighted by Crippen LogP contribution is 2.14. The largest absolute Gasteiger partial charge is 0.277 e. The molecule has 1 amide bonds. The van der Waals surface area contributed by atoms with Gasteiger partial charge in [-0.2, -0.15) is 0 Å². The second kappa shape index (κ2) is 6.87. The molecule has 0 heterocycles. The Morgan fingerprint density at radius 3 is 2.35 bits per heavy atom. The molecule has 20 heavy (non-hydrogen) atoms. The molecule has 0 spiro atoms. The van der Waals surface area contributed by atoms with Crippen LogP contribution < -0.4 is 0 Å². The zero-order valence-electron chi connectivity index (χ0n) is 11.9. The van der Waals surface area contributed by atoms with Crippen LogP contribution in [0.5, 0.6) is 0 Å². The Morgan fingerprint density at radius 1 is 1.00 bits per heavy atom. The van der Waals surface area contributed by atoms with Crippen LogP contribution in [0.15, 0.2) is 54.6 Å². The van der Waals surface area contributed by atoms with E-state index in [1.807, 2.05) is 42.5 Å². The van der Waals surface area contributed by atoms with Gasteiger partial charge in [0.15, 0.2) is 0 Å². The standard InChI is InChI=1S/C17H19NO2/c1-18(20-2)17(19)16-11-7-6-10-15(16)13-12-14-8-4-3-5-9-14/h3-11H,12-13H2,1-2H3. The summed E-state index contributed by atoms with van der Waals surface area (Å²) >= 11 is 0. The molecule has 2 aromatic carbocycles. The molecule has 0 atom stereocenters. The van der Waals surface area contributed by atoms with Crippen LogP contribution in [-0.4, -0.2) is 25.1 Å². The smallest absolute Gasteiger partial charge is 0.274 e. The van der Waals surface area contributed by atoms with Gasteiger partial charge in [0.2, 0.25) is 0 Å². The summed E-state index contributed by atoms with van der Waals surface area (Å²) in [7, 11) is 3.11. The lowest BCUT2D eigenvalue weighted by molar-refractivity contribution is -0.0757. The van der Waals surface area contributed by atoms with Gasteiger partial charge < -0.3 is 0 Å². The van der Waals surface area contributed by atoms with E-state index in [4.69, 9.17) is 4.84 Å². The minimum Gasteiger partial charge on any atom is -0.274 e. The second-order valence-electron chi connectivity index (χ2n) is 4.63. The van der Waals surface area contributed by atoms with Crippen molar-refractivity contribution in [3.8, 4) is 0 Å². The van der Waals surface area contributed by atoms with Crippen LogP contribution in [-0.2, 0) is 17.7 Å². The highest BCUT2D eigenvalue weighted by atomic mass is 16.7. The molecule has 0 radical (unpaired) electrons. The monoisotopic (exact) mass is 269 g/mol. The summed E-state index contributed by atoms with van der Waals surface area (Å²) in [5, 5.41) is 1.25. The molecule has 0 saturated heterocycles. The summed E-state index contributed by atoms with van der Waals surface area (Å²) in [5.74, 6) is -0.115. The van der Waals surface area contributed by atoms with Gasteiger partial charge in [0.1, 0.15) is 0 Å². The maximum Gasteiger partial charge on any atom is 0.277 e. The Bertz CT molecular complexity index is 566. The third-order valence-corrected chi connectivity index (χ3v) is 3.33. The van der Waals surface area contributed by atoms with Crippen LogP contribution in [0, 0.1) is 0 Å². The van der Waals surface area contributed by atoms with Gasteiger partial charge in [-0.15, -0.1) is 0 Å². The molecule has 3 nitrogen and oxygen atoms in total. The van der Waals surface area contributed by atoms with Crippen molar-refractivity contribution in [2.45, 2.75) is 12.8 Å². The first kappa shape index (κ1) is 14.3. The fourth-order valence-electron chi connectivity index (χ4n) is 2.12. The molecule has 0 unspecified atom stereocenters. The third-order valence-electron chi connectivity index (χ3n) is 3.33. The molecule has 0 fully saturated rings. The Hall–Kier alpha value is -2.13. The lowest BCUT2D eigenvalue weighted by atomic mass is 9.99. The summed E-state index contributed by atoms with van der Waals surface area (Å²) < 4.78 is 0. The van der Waals surface area contributed by atoms with Crippen LogP contribution in [0.4, 0.5) is 0 Å². The van der Waals surface area contributed by atoms with E-state index >= 15 is 0 Å². The zero-order valence-corrected chi connectivity index (χ0v) is 11.9. The van der Waals surface area contributed by atoms with E-state index in [-0.39, 0.29) is 5.91 Å². The molecule has 0 bridgehead atoms. The lowest BCUT2D eigenvalue weighted by Gasteiger charge is -2.16. The Kier molecular flexibility index (Phi) is 4.91. The molecular weight excluding hydrogens is 250 g/mol. The maximum absolute atomic E-state index is 12.2. The number of carbonyl (C=O) groups excluding carboxylic acids is 1. The SMILES string of the molecule is CON(C)C(=O)c1ccccc1CCc1ccccc1. The second-order valence-corrected chi connectivity index (χ2v) is 4.63. The van der Waals surface area contributed by atoms with Gasteiger partial charge in [0.05, 0.1) is 7.11 Å². The summed E-state index contributed by atoms with van der Waals surface area (Å²) in [6.07, 6.45) is 1.76. The van der Waals surface area contributed by atoms with E-state index in [9.17, 15) is 4.79 Å². The first-order valence-corrected chi connectivity index (χ1v) is 6.66. The number of hydrogen-bond acceptors (Lipinski definition) is 2. The van der Waals surface area contributed by atoms with E-state index in [1.165, 1.54) is 17.7 Å². The van der Waals surface area contributed by atoms with E-state index in [0.717, 1.165) is 18.4 Å². The topological polar surface area (TPSA) is 29.5 Å². The van der Waals surface area contributed by atoms with Crippen LogP contribution in [0.3, 0.4) is 0 Å². The Balaban J connectivity index is 2.14. The number of hydrogen-bond donors (Lipinski definition) is 0. The predicted molar refractivity (Wildman–Crippen MR) is 79.4 cm³/mol. The number of rotatable bonds is 5. The number of carbonyl (C=O) groups is 1. The first-order valence-electron chi connectivity index (χ1n) is 6.66. The molecule has 0 aliphatic carbocycles. The van der Waals surface area contributed by atoms with Crippen molar-refractivity contribution in [2.24, 2.45) is 0 Å². The molecular formula is C17H19NO2. The molecule has 0 aliphatic heterocycles.